The van der Waals surface area contributed by atoms with E-state index in [1.165, 1.54) is 12.1 Å². The zero-order chi connectivity index (χ0) is 23.5. The van der Waals surface area contributed by atoms with Gasteiger partial charge in [0, 0.05) is 65.8 Å². The normalized spacial score (nSPS) is 14.4. The number of ether oxygens (including phenoxy) is 1. The predicted molar refractivity (Wildman–Crippen MR) is 129 cm³/mol. The Kier molecular flexibility index (Phi) is 6.65. The quantitative estimate of drug-likeness (QED) is 0.591. The van der Waals surface area contributed by atoms with Gasteiger partial charge in [-0.3, -0.25) is 4.21 Å². The Morgan fingerprint density at radius 3 is 2.58 bits per heavy atom. The van der Waals surface area contributed by atoms with E-state index < -0.39 is 16.6 Å². The van der Waals surface area contributed by atoms with Gasteiger partial charge in [0.05, 0.1) is 17.4 Å². The van der Waals surface area contributed by atoms with E-state index in [2.05, 4.69) is 15.3 Å². The summed E-state index contributed by atoms with van der Waals surface area (Å²) < 4.78 is 34.0. The number of anilines is 2. The van der Waals surface area contributed by atoms with E-state index in [9.17, 15) is 8.60 Å². The standard InChI is InChI=1S/C24H26FN5O2S/c1-16(2)32-23-13-19(29-8-10-33(31)11-9-29)6-7-21(23)30-22(14-24(27-3)28-30)17-4-5-18(15-26)20(25)12-17/h4-7,12-14,16H,8-11H2,1-3H3,(H,27,28). The summed E-state index contributed by atoms with van der Waals surface area (Å²) in [7, 11) is 1.01. The zero-order valence-electron chi connectivity index (χ0n) is 18.8. The van der Waals surface area contributed by atoms with Gasteiger partial charge < -0.3 is 15.0 Å². The molecule has 7 nitrogen and oxygen atoms in total. The van der Waals surface area contributed by atoms with Gasteiger partial charge in [0.2, 0.25) is 0 Å². The summed E-state index contributed by atoms with van der Waals surface area (Å²) in [6, 6.07) is 14.1. The van der Waals surface area contributed by atoms with Gasteiger partial charge >= 0.3 is 0 Å². The Morgan fingerprint density at radius 2 is 1.94 bits per heavy atom. The van der Waals surface area contributed by atoms with Gasteiger partial charge in [-0.1, -0.05) is 6.07 Å². The van der Waals surface area contributed by atoms with Crippen LogP contribution in [-0.2, 0) is 10.8 Å². The second-order valence-electron chi connectivity index (χ2n) is 8.04. The first-order valence-corrected chi connectivity index (χ1v) is 12.3. The molecule has 1 aliphatic rings. The molecule has 0 amide bonds. The molecular weight excluding hydrogens is 441 g/mol. The number of aromatic nitrogens is 2. The molecular formula is C24H26FN5O2S. The zero-order valence-corrected chi connectivity index (χ0v) is 19.7. The molecule has 0 bridgehead atoms. The molecule has 1 saturated heterocycles. The van der Waals surface area contributed by atoms with E-state index in [-0.39, 0.29) is 11.7 Å². The van der Waals surface area contributed by atoms with Gasteiger partial charge in [0.1, 0.15) is 29.1 Å². The maximum atomic E-state index is 14.4. The SMILES string of the molecule is CNc1cc(-c2ccc(C#N)c(F)c2)n(-c2ccc(N3CCS(=O)CC3)cc2OC(C)C)n1. The van der Waals surface area contributed by atoms with E-state index in [0.717, 1.165) is 18.8 Å². The lowest BCUT2D eigenvalue weighted by molar-refractivity contribution is 0.241. The molecule has 0 saturated carbocycles. The number of halogens is 1. The van der Waals surface area contributed by atoms with Gasteiger partial charge in [-0.15, -0.1) is 5.10 Å². The highest BCUT2D eigenvalue weighted by Crippen LogP contribution is 2.34. The van der Waals surface area contributed by atoms with Crippen molar-refractivity contribution in [2.45, 2.75) is 20.0 Å². The van der Waals surface area contributed by atoms with Gasteiger partial charge in [0.25, 0.3) is 0 Å². The molecule has 1 aliphatic heterocycles. The Balaban J connectivity index is 1.81. The van der Waals surface area contributed by atoms with Crippen LogP contribution in [0.5, 0.6) is 5.75 Å². The molecule has 33 heavy (non-hydrogen) atoms. The first kappa shape index (κ1) is 22.8. The number of nitrogens with one attached hydrogen (secondary N) is 1. The highest BCUT2D eigenvalue weighted by atomic mass is 32.2. The van der Waals surface area contributed by atoms with Crippen molar-refractivity contribution in [3.05, 3.63) is 53.8 Å². The molecule has 0 spiro atoms. The Labute approximate surface area is 195 Å². The summed E-state index contributed by atoms with van der Waals surface area (Å²) in [5, 5.41) is 16.8. The van der Waals surface area contributed by atoms with E-state index >= 15 is 0 Å². The smallest absolute Gasteiger partial charge is 0.148 e. The van der Waals surface area contributed by atoms with Crippen molar-refractivity contribution in [3.63, 3.8) is 0 Å². The van der Waals surface area contributed by atoms with Gasteiger partial charge in [0.15, 0.2) is 0 Å². The summed E-state index contributed by atoms with van der Waals surface area (Å²) in [6.45, 7) is 5.38. The Morgan fingerprint density at radius 1 is 1.18 bits per heavy atom. The fourth-order valence-corrected chi connectivity index (χ4v) is 4.83. The molecule has 1 fully saturated rings. The second-order valence-corrected chi connectivity index (χ2v) is 9.73. The molecule has 2 aromatic carbocycles. The minimum Gasteiger partial charge on any atom is -0.489 e. The number of rotatable bonds is 6. The highest BCUT2D eigenvalue weighted by molar-refractivity contribution is 7.85. The third-order valence-electron chi connectivity index (χ3n) is 5.43. The summed E-state index contributed by atoms with van der Waals surface area (Å²) in [5.74, 6) is 2.00. The van der Waals surface area contributed by atoms with Crippen molar-refractivity contribution in [1.82, 2.24) is 9.78 Å². The highest BCUT2D eigenvalue weighted by Gasteiger charge is 2.21. The minimum absolute atomic E-state index is 0.00528. The summed E-state index contributed by atoms with van der Waals surface area (Å²) in [6.07, 6.45) is -0.0667. The van der Waals surface area contributed by atoms with Crippen molar-refractivity contribution in [1.29, 1.82) is 5.26 Å². The van der Waals surface area contributed by atoms with Crippen LogP contribution in [0.25, 0.3) is 16.9 Å². The van der Waals surface area contributed by atoms with Crippen molar-refractivity contribution in [2.24, 2.45) is 0 Å². The fourth-order valence-electron chi connectivity index (χ4n) is 3.78. The van der Waals surface area contributed by atoms with E-state index in [0.29, 0.717) is 40.0 Å². The third kappa shape index (κ3) is 4.86. The molecule has 0 radical (unpaired) electrons. The monoisotopic (exact) mass is 467 g/mol. The Bertz CT molecular complexity index is 1220. The van der Waals surface area contributed by atoms with Gasteiger partial charge in [-0.25, -0.2) is 9.07 Å². The van der Waals surface area contributed by atoms with E-state index in [4.69, 9.17) is 10.00 Å². The van der Waals surface area contributed by atoms with Crippen LogP contribution in [0.15, 0.2) is 42.5 Å². The number of benzene rings is 2. The van der Waals surface area contributed by atoms with Crippen LogP contribution in [0.4, 0.5) is 15.9 Å². The fraction of sp³-hybridized carbons (Fsp3) is 0.333. The topological polar surface area (TPSA) is 83.2 Å². The third-order valence-corrected chi connectivity index (χ3v) is 6.70. The van der Waals surface area contributed by atoms with Crippen LogP contribution in [0.1, 0.15) is 19.4 Å². The van der Waals surface area contributed by atoms with Crippen molar-refractivity contribution in [3.8, 4) is 28.8 Å². The minimum atomic E-state index is -0.755. The second kappa shape index (κ2) is 9.63. The van der Waals surface area contributed by atoms with Crippen molar-refractivity contribution < 1.29 is 13.3 Å². The van der Waals surface area contributed by atoms with Gasteiger partial charge in [-0.2, -0.15) is 5.26 Å². The number of nitrogens with zero attached hydrogens (tertiary/aromatic N) is 4. The molecule has 0 unspecified atom stereocenters. The van der Waals surface area contributed by atoms with E-state index in [1.54, 1.807) is 17.8 Å². The van der Waals surface area contributed by atoms with E-state index in [1.807, 2.05) is 44.2 Å². The van der Waals surface area contributed by atoms with Crippen LogP contribution in [0.3, 0.4) is 0 Å². The average molecular weight is 468 g/mol. The lowest BCUT2D eigenvalue weighted by Gasteiger charge is -2.29. The number of nitriles is 1. The predicted octanol–water partition coefficient (Wildman–Crippen LogP) is 3.95. The summed E-state index contributed by atoms with van der Waals surface area (Å²) >= 11 is 0. The average Bonchev–Trinajstić information content (AvgIpc) is 3.23. The molecule has 3 aromatic rings. The molecule has 172 valence electrons. The molecule has 9 heteroatoms. The first-order valence-electron chi connectivity index (χ1n) is 10.8. The lowest BCUT2D eigenvalue weighted by Crippen LogP contribution is -2.37. The summed E-state index contributed by atoms with van der Waals surface area (Å²) in [4.78, 5) is 2.21. The maximum Gasteiger partial charge on any atom is 0.148 e. The van der Waals surface area contributed by atoms with Gasteiger partial charge in [-0.05, 0) is 38.1 Å². The molecule has 2 heterocycles. The van der Waals surface area contributed by atoms with Crippen LogP contribution in [-0.4, -0.2) is 51.7 Å². The molecule has 1 N–H and O–H groups in total. The first-order chi connectivity index (χ1) is 15.9. The maximum absolute atomic E-state index is 14.4. The van der Waals surface area contributed by atoms with Crippen molar-refractivity contribution >= 4 is 22.3 Å². The largest absolute Gasteiger partial charge is 0.489 e. The molecule has 0 atom stereocenters. The molecule has 0 aliphatic carbocycles. The van der Waals surface area contributed by atoms with Crippen LogP contribution >= 0.6 is 0 Å². The van der Waals surface area contributed by atoms with Crippen molar-refractivity contribution in [2.75, 3.05) is 41.9 Å². The summed E-state index contributed by atoms with van der Waals surface area (Å²) in [5.41, 5.74) is 2.97. The van der Waals surface area contributed by atoms with Crippen LogP contribution in [0.2, 0.25) is 0 Å². The Hall–Kier alpha value is -3.38. The van der Waals surface area contributed by atoms with Crippen LogP contribution < -0.4 is 15.0 Å². The van der Waals surface area contributed by atoms with Crippen LogP contribution in [0, 0.1) is 17.1 Å². The number of hydrogen-bond acceptors (Lipinski definition) is 6. The number of hydrogen-bond donors (Lipinski definition) is 1. The molecule has 1 aromatic heterocycles. The lowest BCUT2D eigenvalue weighted by atomic mass is 10.1. The molecule has 4 rings (SSSR count).